The molecule has 2 rings (SSSR count). The number of hydrogen-bond acceptors (Lipinski definition) is 4. The van der Waals surface area contributed by atoms with Crippen molar-refractivity contribution in [1.29, 1.82) is 5.26 Å². The van der Waals surface area contributed by atoms with Crippen molar-refractivity contribution in [3.63, 3.8) is 0 Å². The van der Waals surface area contributed by atoms with Gasteiger partial charge in [-0.25, -0.2) is 4.98 Å². The average Bonchev–Trinajstić information content (AvgIpc) is 2.29. The number of nitrogens with one attached hydrogen (secondary N) is 1. The largest absolute Gasteiger partial charge is 0.354 e. The van der Waals surface area contributed by atoms with Crippen LogP contribution in [0.1, 0.15) is 19.4 Å². The molecule has 0 amide bonds. The van der Waals surface area contributed by atoms with Gasteiger partial charge in [-0.05, 0) is 12.1 Å². The maximum absolute atomic E-state index is 8.74. The molecule has 0 aliphatic carbocycles. The number of rotatable bonds is 2. The summed E-state index contributed by atoms with van der Waals surface area (Å²) in [6.07, 6.45) is 1.68. The number of anilines is 1. The smallest absolute Gasteiger partial charge is 0.129 e. The second kappa shape index (κ2) is 6.09. The van der Waals surface area contributed by atoms with E-state index in [1.165, 1.54) is 0 Å². The molecule has 1 aliphatic rings. The van der Waals surface area contributed by atoms with Crippen molar-refractivity contribution in [3.05, 3.63) is 23.9 Å². The molecule has 4 nitrogen and oxygen atoms in total. The molecule has 0 spiro atoms. The summed E-state index contributed by atoms with van der Waals surface area (Å²) in [6.45, 7) is 5.99. The van der Waals surface area contributed by atoms with E-state index in [-0.39, 0.29) is 0 Å². The normalized spacial score (nSPS) is 14.1. The summed E-state index contributed by atoms with van der Waals surface area (Å²) in [6, 6.07) is 6.16. The van der Waals surface area contributed by atoms with Gasteiger partial charge in [-0.1, -0.05) is 13.8 Å². The van der Waals surface area contributed by atoms with Crippen molar-refractivity contribution in [2.24, 2.45) is 0 Å². The highest BCUT2D eigenvalue weighted by Crippen LogP contribution is 2.14. The summed E-state index contributed by atoms with van der Waals surface area (Å²) < 4.78 is 0. The van der Waals surface area contributed by atoms with E-state index in [2.05, 4.69) is 21.3 Å². The fourth-order valence-corrected chi connectivity index (χ4v) is 1.42. The number of pyridine rings is 1. The molecule has 4 heteroatoms. The molecule has 16 heavy (non-hydrogen) atoms. The summed E-state index contributed by atoms with van der Waals surface area (Å²) in [5, 5.41) is 12.0. The van der Waals surface area contributed by atoms with E-state index in [0.717, 1.165) is 18.9 Å². The molecule has 0 atom stereocenters. The molecule has 1 aromatic heterocycles. The zero-order chi connectivity index (χ0) is 12.0. The Labute approximate surface area is 96.9 Å². The maximum Gasteiger partial charge on any atom is 0.129 e. The maximum atomic E-state index is 8.74. The Morgan fingerprint density at radius 3 is 2.69 bits per heavy atom. The Kier molecular flexibility index (Phi) is 4.74. The van der Waals surface area contributed by atoms with Crippen LogP contribution in [0.15, 0.2) is 18.3 Å². The monoisotopic (exact) mass is 218 g/mol. The van der Waals surface area contributed by atoms with Crippen molar-refractivity contribution in [3.8, 4) is 6.07 Å². The minimum absolute atomic E-state index is 0.511. The fourth-order valence-electron chi connectivity index (χ4n) is 1.42. The predicted molar refractivity (Wildman–Crippen MR) is 65.4 cm³/mol. The third-order valence-corrected chi connectivity index (χ3v) is 2.54. The van der Waals surface area contributed by atoms with Gasteiger partial charge >= 0.3 is 0 Å². The molecule has 1 aromatic rings. The summed E-state index contributed by atoms with van der Waals surface area (Å²) in [7, 11) is 2.01. The summed E-state index contributed by atoms with van der Waals surface area (Å²) in [5.41, 5.74) is 0.661. The second-order valence-electron chi connectivity index (χ2n) is 3.44. The number of nitriles is 1. The van der Waals surface area contributed by atoms with Gasteiger partial charge in [0.25, 0.3) is 0 Å². The molecule has 0 aromatic carbocycles. The van der Waals surface area contributed by atoms with Gasteiger partial charge in [0.15, 0.2) is 0 Å². The van der Waals surface area contributed by atoms with Crippen LogP contribution in [0.4, 0.5) is 5.82 Å². The quantitative estimate of drug-likeness (QED) is 0.815. The van der Waals surface area contributed by atoms with Crippen molar-refractivity contribution in [2.75, 3.05) is 25.0 Å². The number of hydrogen-bond donors (Lipinski definition) is 1. The first-order valence-electron chi connectivity index (χ1n) is 5.61. The van der Waals surface area contributed by atoms with Gasteiger partial charge in [-0.2, -0.15) is 5.26 Å². The van der Waals surface area contributed by atoms with E-state index in [1.54, 1.807) is 12.3 Å². The van der Waals surface area contributed by atoms with Gasteiger partial charge in [-0.3, -0.25) is 0 Å². The zero-order valence-electron chi connectivity index (χ0n) is 10.1. The Morgan fingerprint density at radius 1 is 1.50 bits per heavy atom. The lowest BCUT2D eigenvalue weighted by molar-refractivity contribution is 0.427. The molecule has 1 fully saturated rings. The molecule has 0 radical (unpaired) electrons. The van der Waals surface area contributed by atoms with Gasteiger partial charge < -0.3 is 10.2 Å². The van der Waals surface area contributed by atoms with E-state index in [0.29, 0.717) is 11.6 Å². The first-order chi connectivity index (χ1) is 7.81. The highest BCUT2D eigenvalue weighted by Gasteiger charge is 2.22. The third-order valence-electron chi connectivity index (χ3n) is 2.54. The molecule has 1 aliphatic heterocycles. The highest BCUT2D eigenvalue weighted by molar-refractivity contribution is 5.45. The standard InChI is InChI=1S/C10H12N4.C2H6/c1-14(9-6-12-7-9)10-4-8(5-11)2-3-13-10;1-2/h2-4,9,12H,6-7H2,1H3;1-2H3. The lowest BCUT2D eigenvalue weighted by Crippen LogP contribution is -2.56. The number of aromatic nitrogens is 1. The molecule has 1 saturated heterocycles. The molecule has 0 unspecified atom stereocenters. The van der Waals surface area contributed by atoms with Crippen molar-refractivity contribution in [1.82, 2.24) is 10.3 Å². The molecule has 86 valence electrons. The first-order valence-corrected chi connectivity index (χ1v) is 5.61. The van der Waals surface area contributed by atoms with Crippen molar-refractivity contribution < 1.29 is 0 Å². The van der Waals surface area contributed by atoms with Crippen LogP contribution >= 0.6 is 0 Å². The minimum Gasteiger partial charge on any atom is -0.354 e. The van der Waals surface area contributed by atoms with Gasteiger partial charge in [0, 0.05) is 26.3 Å². The molecule has 0 bridgehead atoms. The van der Waals surface area contributed by atoms with Crippen LogP contribution in [0, 0.1) is 11.3 Å². The van der Waals surface area contributed by atoms with E-state index < -0.39 is 0 Å². The van der Waals surface area contributed by atoms with Crippen LogP contribution in [0.25, 0.3) is 0 Å². The lowest BCUT2D eigenvalue weighted by Gasteiger charge is -2.36. The summed E-state index contributed by atoms with van der Waals surface area (Å²) in [4.78, 5) is 6.35. The van der Waals surface area contributed by atoms with Crippen LogP contribution in [0.3, 0.4) is 0 Å². The molecule has 0 saturated carbocycles. The fraction of sp³-hybridized carbons (Fsp3) is 0.500. The molecular weight excluding hydrogens is 200 g/mol. The zero-order valence-corrected chi connectivity index (χ0v) is 10.1. The van der Waals surface area contributed by atoms with Crippen LogP contribution in [-0.2, 0) is 0 Å². The highest BCUT2D eigenvalue weighted by atomic mass is 15.2. The van der Waals surface area contributed by atoms with E-state index >= 15 is 0 Å². The van der Waals surface area contributed by atoms with Crippen molar-refractivity contribution in [2.45, 2.75) is 19.9 Å². The Balaban J connectivity index is 0.000000606. The van der Waals surface area contributed by atoms with Crippen LogP contribution in [-0.4, -0.2) is 31.2 Å². The minimum atomic E-state index is 0.511. The number of likely N-dealkylation sites (N-methyl/N-ethyl adjacent to an activating group) is 1. The predicted octanol–water partition coefficient (Wildman–Crippen LogP) is 1.39. The Hall–Kier alpha value is -1.60. The van der Waals surface area contributed by atoms with Gasteiger partial charge in [0.05, 0.1) is 17.7 Å². The van der Waals surface area contributed by atoms with Crippen LogP contribution in [0.5, 0.6) is 0 Å². The van der Waals surface area contributed by atoms with Gasteiger partial charge in [-0.15, -0.1) is 0 Å². The van der Waals surface area contributed by atoms with Crippen LogP contribution in [0.2, 0.25) is 0 Å². The topological polar surface area (TPSA) is 52.0 Å². The Bertz CT molecular complexity index is 366. The average molecular weight is 218 g/mol. The van der Waals surface area contributed by atoms with Crippen LogP contribution < -0.4 is 10.2 Å². The van der Waals surface area contributed by atoms with Crippen molar-refractivity contribution >= 4 is 5.82 Å². The van der Waals surface area contributed by atoms with Gasteiger partial charge in [0.1, 0.15) is 5.82 Å². The SMILES string of the molecule is CC.CN(c1cc(C#N)ccn1)C1CNC1. The van der Waals surface area contributed by atoms with E-state index in [9.17, 15) is 0 Å². The third kappa shape index (κ3) is 2.71. The number of nitrogens with zero attached hydrogens (tertiary/aromatic N) is 3. The van der Waals surface area contributed by atoms with E-state index in [1.807, 2.05) is 27.0 Å². The van der Waals surface area contributed by atoms with Gasteiger partial charge in [0.2, 0.25) is 0 Å². The molecule has 2 heterocycles. The summed E-state index contributed by atoms with van der Waals surface area (Å²) in [5.74, 6) is 0.871. The Morgan fingerprint density at radius 2 is 2.19 bits per heavy atom. The van der Waals surface area contributed by atoms with E-state index in [4.69, 9.17) is 5.26 Å². The molecule has 1 N–H and O–H groups in total. The first kappa shape index (κ1) is 12.5. The lowest BCUT2D eigenvalue weighted by atomic mass is 10.1. The molecular formula is C12H18N4. The second-order valence-corrected chi connectivity index (χ2v) is 3.44. The summed E-state index contributed by atoms with van der Waals surface area (Å²) >= 11 is 0.